The normalized spacial score (nSPS) is 17.3. The molecule has 0 bridgehead atoms. The Balaban J connectivity index is 5.04. The minimum Gasteiger partial charge on any atom is -0.379 e. The van der Waals surface area contributed by atoms with Crippen molar-refractivity contribution < 1.29 is 5.11 Å². The molecule has 1 N–H and O–H groups in total. The van der Waals surface area contributed by atoms with Gasteiger partial charge in [-0.1, -0.05) is 127 Å². The topological polar surface area (TPSA) is 20.2 Å². The molecule has 0 rings (SSSR count). The lowest BCUT2D eigenvalue weighted by molar-refractivity contribution is 0.257. The van der Waals surface area contributed by atoms with Crippen molar-refractivity contribution in [2.75, 3.05) is 0 Å². The minimum absolute atomic E-state index is 0.651. The van der Waals surface area contributed by atoms with Gasteiger partial charge in [-0.15, -0.1) is 0 Å². The summed E-state index contributed by atoms with van der Waals surface area (Å²) in [6, 6.07) is 0. The van der Waals surface area contributed by atoms with Gasteiger partial charge < -0.3 is 5.11 Å². The quantitative estimate of drug-likeness (QED) is 0.376. The highest BCUT2D eigenvalue weighted by atomic mass is 80.0. The summed E-state index contributed by atoms with van der Waals surface area (Å²) >= 11 is 26.6. The molecule has 1 atom stereocenters. The Bertz CT molecular complexity index is 181. The predicted molar refractivity (Wildman–Crippen MR) is 85.6 cm³/mol. The molecular formula is C4H2Br8O. The van der Waals surface area contributed by atoms with Crippen LogP contribution < -0.4 is 0 Å². The Morgan fingerprint density at radius 3 is 1.23 bits per heavy atom. The molecule has 0 aliphatic rings. The van der Waals surface area contributed by atoms with E-state index in [9.17, 15) is 5.11 Å². The highest BCUT2D eigenvalue weighted by Crippen LogP contribution is 2.63. The summed E-state index contributed by atoms with van der Waals surface area (Å²) in [4.78, 5) is 0. The summed E-state index contributed by atoms with van der Waals surface area (Å²) in [5.41, 5.74) is 0. The molecule has 0 aromatic heterocycles. The van der Waals surface area contributed by atoms with Crippen LogP contribution in [0.3, 0.4) is 0 Å². The van der Waals surface area contributed by atoms with Gasteiger partial charge in [-0.05, 0) is 0 Å². The van der Waals surface area contributed by atoms with E-state index in [-0.39, 0.29) is 0 Å². The molecule has 0 aliphatic heterocycles. The SMILES string of the molecule is OC(Br)C(Br)(Br)C(Br)(Br)C(Br)(Br)Br. The summed E-state index contributed by atoms with van der Waals surface area (Å²) in [6.07, 6.45) is 0. The zero-order valence-electron chi connectivity index (χ0n) is 5.55. The molecule has 9 heteroatoms. The number of halogens is 8. The van der Waals surface area contributed by atoms with E-state index in [1.807, 2.05) is 0 Å². The number of alkyl halides is 8. The Hall–Kier alpha value is 3.80. The average molecular weight is 705 g/mol. The molecule has 0 aromatic rings. The Morgan fingerprint density at radius 1 is 0.846 bits per heavy atom. The molecule has 0 heterocycles. The number of aliphatic hydroxyl groups excluding tert-OH is 1. The minimum atomic E-state index is -0.830. The van der Waals surface area contributed by atoms with Crippen LogP contribution in [0.2, 0.25) is 0 Å². The number of hydrogen-bond donors (Lipinski definition) is 1. The van der Waals surface area contributed by atoms with Crippen LogP contribution in [-0.4, -0.2) is 18.7 Å². The van der Waals surface area contributed by atoms with E-state index in [1.54, 1.807) is 0 Å². The first-order valence-corrected chi connectivity index (χ1v) is 9.05. The van der Waals surface area contributed by atoms with Crippen LogP contribution >= 0.6 is 127 Å². The number of aliphatic hydroxyl groups is 1. The molecule has 80 valence electrons. The fourth-order valence-electron chi connectivity index (χ4n) is 0.339. The van der Waals surface area contributed by atoms with Gasteiger partial charge in [0.05, 0.1) is 0 Å². The standard InChI is InChI=1S/C4H2Br8O/c5-1(13)2(6,7)3(8,9)4(10,11)12/h1,13H. The summed E-state index contributed by atoms with van der Waals surface area (Å²) in [5, 5.41) is 8.67. The van der Waals surface area contributed by atoms with Gasteiger partial charge in [0.2, 0.25) is 0 Å². The van der Waals surface area contributed by atoms with Gasteiger partial charge in [0, 0.05) is 0 Å². The predicted octanol–water partition coefficient (Wildman–Crippen LogP) is 5.51. The first kappa shape index (κ1) is 16.8. The van der Waals surface area contributed by atoms with Crippen molar-refractivity contribution in [3.05, 3.63) is 0 Å². The van der Waals surface area contributed by atoms with Gasteiger partial charge >= 0.3 is 0 Å². The van der Waals surface area contributed by atoms with Gasteiger partial charge in [0.1, 0.15) is 11.5 Å². The van der Waals surface area contributed by atoms with Gasteiger partial charge in [0.25, 0.3) is 0 Å². The first-order valence-electron chi connectivity index (χ1n) is 2.59. The lowest BCUT2D eigenvalue weighted by atomic mass is 10.3. The second kappa shape index (κ2) is 5.63. The van der Waals surface area contributed by atoms with Crippen molar-refractivity contribution >= 4 is 127 Å². The van der Waals surface area contributed by atoms with Crippen LogP contribution in [0.25, 0.3) is 0 Å². The van der Waals surface area contributed by atoms with Crippen molar-refractivity contribution in [1.29, 1.82) is 0 Å². The molecule has 1 nitrogen and oxygen atoms in total. The summed E-state index contributed by atoms with van der Waals surface area (Å²) < 4.78 is -2.21. The number of rotatable bonds is 2. The lowest BCUT2D eigenvalue weighted by Crippen LogP contribution is -2.49. The molecule has 0 aromatic carbocycles. The van der Waals surface area contributed by atoms with Crippen molar-refractivity contribution in [2.45, 2.75) is 13.6 Å². The Kier molecular flexibility index (Phi) is 7.27. The van der Waals surface area contributed by atoms with Crippen LogP contribution in [0.4, 0.5) is 0 Å². The molecule has 0 fully saturated rings. The molecule has 0 radical (unpaired) electrons. The van der Waals surface area contributed by atoms with E-state index in [2.05, 4.69) is 127 Å². The summed E-state index contributed by atoms with van der Waals surface area (Å²) in [6.45, 7) is 0. The van der Waals surface area contributed by atoms with Crippen molar-refractivity contribution in [2.24, 2.45) is 0 Å². The van der Waals surface area contributed by atoms with E-state index in [1.165, 1.54) is 0 Å². The van der Waals surface area contributed by atoms with Crippen LogP contribution in [0.5, 0.6) is 0 Å². The van der Waals surface area contributed by atoms with Crippen LogP contribution in [0.1, 0.15) is 0 Å². The highest BCUT2D eigenvalue weighted by molar-refractivity contribution is 9.42. The Morgan fingerprint density at radius 2 is 1.15 bits per heavy atom. The molecule has 0 spiro atoms. The van der Waals surface area contributed by atoms with Gasteiger partial charge in [-0.25, -0.2) is 0 Å². The highest BCUT2D eigenvalue weighted by Gasteiger charge is 2.59. The molecule has 1 unspecified atom stereocenters. The molecule has 0 aliphatic carbocycles. The third-order valence-corrected chi connectivity index (χ3v) is 14.6. The second-order valence-electron chi connectivity index (χ2n) is 2.03. The third-order valence-electron chi connectivity index (χ3n) is 1.07. The molecule has 0 saturated carbocycles. The average Bonchev–Trinajstić information content (AvgIpc) is 1.84. The third kappa shape index (κ3) is 3.89. The summed E-state index contributed by atoms with van der Waals surface area (Å²) in [5.74, 6) is 0. The fourth-order valence-corrected chi connectivity index (χ4v) is 4.86. The van der Waals surface area contributed by atoms with E-state index in [0.717, 1.165) is 0 Å². The molecule has 0 saturated heterocycles. The van der Waals surface area contributed by atoms with Crippen LogP contribution in [0.15, 0.2) is 0 Å². The Labute approximate surface area is 144 Å². The van der Waals surface area contributed by atoms with Crippen molar-refractivity contribution in [1.82, 2.24) is 0 Å². The van der Waals surface area contributed by atoms with Gasteiger partial charge in [-0.3, -0.25) is 0 Å². The molecular weight excluding hydrogens is 703 g/mol. The van der Waals surface area contributed by atoms with Crippen LogP contribution in [-0.2, 0) is 0 Å². The first-order chi connectivity index (χ1) is 5.44. The van der Waals surface area contributed by atoms with E-state index < -0.39 is 13.6 Å². The molecule has 13 heavy (non-hydrogen) atoms. The largest absolute Gasteiger partial charge is 0.379 e. The maximum atomic E-state index is 9.48. The fraction of sp³-hybridized carbons (Fsp3) is 1.00. The van der Waals surface area contributed by atoms with Crippen molar-refractivity contribution in [3.8, 4) is 0 Å². The zero-order chi connectivity index (χ0) is 11.1. The van der Waals surface area contributed by atoms with E-state index >= 15 is 0 Å². The molecule has 0 amide bonds. The van der Waals surface area contributed by atoms with Gasteiger partial charge in [-0.2, -0.15) is 0 Å². The summed E-state index contributed by atoms with van der Waals surface area (Å²) in [7, 11) is 0. The van der Waals surface area contributed by atoms with Crippen molar-refractivity contribution in [3.63, 3.8) is 0 Å². The monoisotopic (exact) mass is 697 g/mol. The van der Waals surface area contributed by atoms with E-state index in [4.69, 9.17) is 0 Å². The smallest absolute Gasteiger partial charge is 0.162 e. The second-order valence-corrected chi connectivity index (χ2v) is 16.7. The van der Waals surface area contributed by atoms with Gasteiger partial charge in [0.15, 0.2) is 2.14 Å². The zero-order valence-corrected chi connectivity index (χ0v) is 18.2. The maximum absolute atomic E-state index is 9.48. The maximum Gasteiger partial charge on any atom is 0.162 e. The van der Waals surface area contributed by atoms with E-state index in [0.29, 0.717) is 0 Å². The lowest BCUT2D eigenvalue weighted by Gasteiger charge is -2.41. The number of hydrogen-bond acceptors (Lipinski definition) is 1. The van der Waals surface area contributed by atoms with Crippen LogP contribution in [0, 0.1) is 0 Å².